The van der Waals surface area contributed by atoms with Gasteiger partial charge in [-0.1, -0.05) is 30.3 Å². The van der Waals surface area contributed by atoms with Crippen molar-refractivity contribution in [3.63, 3.8) is 0 Å². The lowest BCUT2D eigenvalue weighted by Crippen LogP contribution is -2.18. The van der Waals surface area contributed by atoms with Crippen LogP contribution < -0.4 is 0 Å². The number of aldehydes is 1. The van der Waals surface area contributed by atoms with Crippen molar-refractivity contribution in [2.24, 2.45) is 0 Å². The quantitative estimate of drug-likeness (QED) is 0.623. The van der Waals surface area contributed by atoms with Crippen LogP contribution >= 0.6 is 0 Å². The second-order valence-electron chi connectivity index (χ2n) is 5.06. The molecular weight excluding hydrogens is 355 g/mol. The highest BCUT2D eigenvalue weighted by Crippen LogP contribution is 2.37. The Bertz CT molecular complexity index is 812. The molecule has 1 aromatic carbocycles. The molecule has 2 aromatic rings. The van der Waals surface area contributed by atoms with E-state index in [1.54, 1.807) is 30.3 Å². The summed E-state index contributed by atoms with van der Waals surface area (Å²) in [5.41, 5.74) is -3.81. The molecule has 0 saturated heterocycles. The van der Waals surface area contributed by atoms with Gasteiger partial charge in [0.15, 0.2) is 6.29 Å². The van der Waals surface area contributed by atoms with Gasteiger partial charge in [0.25, 0.3) is 0 Å². The second-order valence-corrected chi connectivity index (χ2v) is 5.06. The van der Waals surface area contributed by atoms with Gasteiger partial charge in [-0.15, -0.1) is 0 Å². The summed E-state index contributed by atoms with van der Waals surface area (Å²) in [4.78, 5) is 37.1. The van der Waals surface area contributed by atoms with Crippen molar-refractivity contribution >= 4 is 18.2 Å². The molecule has 26 heavy (non-hydrogen) atoms. The molecule has 6 nitrogen and oxygen atoms in total. The third-order valence-electron chi connectivity index (χ3n) is 3.33. The van der Waals surface area contributed by atoms with Gasteiger partial charge in [0, 0.05) is 0 Å². The molecule has 0 aliphatic heterocycles. The third-order valence-corrected chi connectivity index (χ3v) is 3.33. The van der Waals surface area contributed by atoms with E-state index in [1.807, 2.05) is 4.98 Å². The number of esters is 2. The minimum Gasteiger partial charge on any atom is -0.462 e. The Morgan fingerprint density at radius 2 is 1.77 bits per heavy atom. The summed E-state index contributed by atoms with van der Waals surface area (Å²) >= 11 is 0. The number of alkyl halides is 3. The van der Waals surface area contributed by atoms with Gasteiger partial charge in [0.05, 0.1) is 12.3 Å². The first kappa shape index (κ1) is 19.2. The van der Waals surface area contributed by atoms with E-state index in [1.165, 1.54) is 6.92 Å². The largest absolute Gasteiger partial charge is 0.462 e. The highest BCUT2D eigenvalue weighted by molar-refractivity contribution is 6.03. The van der Waals surface area contributed by atoms with E-state index in [4.69, 9.17) is 4.74 Å². The Labute approximate surface area is 145 Å². The van der Waals surface area contributed by atoms with Crippen molar-refractivity contribution in [1.82, 2.24) is 4.98 Å². The highest BCUT2D eigenvalue weighted by Gasteiger charge is 2.44. The number of carbonyl (C=O) groups is 3. The fourth-order valence-electron chi connectivity index (χ4n) is 2.25. The van der Waals surface area contributed by atoms with Gasteiger partial charge in [0.1, 0.15) is 23.4 Å². The number of ether oxygens (including phenoxy) is 2. The van der Waals surface area contributed by atoms with E-state index in [2.05, 4.69) is 4.74 Å². The number of carbonyl (C=O) groups excluding carboxylic acids is 3. The van der Waals surface area contributed by atoms with Gasteiger partial charge in [-0.2, -0.15) is 13.2 Å². The van der Waals surface area contributed by atoms with E-state index in [9.17, 15) is 27.6 Å². The van der Waals surface area contributed by atoms with Crippen LogP contribution in [0.25, 0.3) is 0 Å². The molecule has 0 bridgehead atoms. The van der Waals surface area contributed by atoms with Crippen molar-refractivity contribution in [2.75, 3.05) is 6.61 Å². The van der Waals surface area contributed by atoms with Crippen LogP contribution in [0.5, 0.6) is 0 Å². The molecule has 0 fully saturated rings. The number of aromatic nitrogens is 1. The molecule has 0 unspecified atom stereocenters. The predicted molar refractivity (Wildman–Crippen MR) is 82.7 cm³/mol. The zero-order valence-electron chi connectivity index (χ0n) is 13.6. The van der Waals surface area contributed by atoms with E-state index in [-0.39, 0.29) is 19.5 Å². The van der Waals surface area contributed by atoms with Crippen LogP contribution in [-0.2, 0) is 22.3 Å². The maximum atomic E-state index is 13.4. The van der Waals surface area contributed by atoms with Crippen molar-refractivity contribution in [3.8, 4) is 0 Å². The molecule has 0 aliphatic rings. The average Bonchev–Trinajstić information content (AvgIpc) is 3.01. The Balaban J connectivity index is 2.42. The standard InChI is InChI=1S/C17H14F3NO5/c1-2-25-15(23)12-11(8-22)21-14(13(12)17(18,19)20)16(24)26-9-10-6-4-3-5-7-10/h3-8,21H,2,9H2,1H3. The monoisotopic (exact) mass is 369 g/mol. The fourth-order valence-corrected chi connectivity index (χ4v) is 2.25. The first-order valence-electron chi connectivity index (χ1n) is 7.46. The maximum absolute atomic E-state index is 13.4. The molecule has 9 heteroatoms. The first-order chi connectivity index (χ1) is 12.3. The maximum Gasteiger partial charge on any atom is 0.419 e. The molecule has 0 amide bonds. The lowest BCUT2D eigenvalue weighted by Gasteiger charge is -2.11. The zero-order valence-corrected chi connectivity index (χ0v) is 13.6. The van der Waals surface area contributed by atoms with Crippen LogP contribution in [0.4, 0.5) is 13.2 Å². The fraction of sp³-hybridized carbons (Fsp3) is 0.235. The molecular formula is C17H14F3NO5. The Hall–Kier alpha value is -3.10. The van der Waals surface area contributed by atoms with Crippen LogP contribution in [0, 0.1) is 0 Å². The highest BCUT2D eigenvalue weighted by atomic mass is 19.4. The minimum absolute atomic E-state index is 0.00939. The van der Waals surface area contributed by atoms with Crippen LogP contribution in [0.2, 0.25) is 0 Å². The molecule has 1 N–H and O–H groups in total. The normalized spacial score (nSPS) is 11.1. The van der Waals surface area contributed by atoms with Gasteiger partial charge in [-0.3, -0.25) is 4.79 Å². The molecule has 0 radical (unpaired) electrons. The number of aromatic amines is 1. The average molecular weight is 369 g/mol. The predicted octanol–water partition coefficient (Wildman–Crippen LogP) is 3.38. The van der Waals surface area contributed by atoms with E-state index in [0.29, 0.717) is 5.56 Å². The van der Waals surface area contributed by atoms with Crippen LogP contribution in [0.15, 0.2) is 30.3 Å². The van der Waals surface area contributed by atoms with E-state index < -0.39 is 40.6 Å². The number of rotatable bonds is 6. The molecule has 0 spiro atoms. The SMILES string of the molecule is CCOC(=O)c1c(C=O)[nH]c(C(=O)OCc2ccccc2)c1C(F)(F)F. The summed E-state index contributed by atoms with van der Waals surface area (Å²) in [5, 5.41) is 0. The third kappa shape index (κ3) is 4.11. The number of halogens is 3. The van der Waals surface area contributed by atoms with Crippen molar-refractivity contribution < 1.29 is 37.0 Å². The summed E-state index contributed by atoms with van der Waals surface area (Å²) in [7, 11) is 0. The summed E-state index contributed by atoms with van der Waals surface area (Å²) < 4.78 is 49.7. The molecule has 0 saturated carbocycles. The van der Waals surface area contributed by atoms with Crippen molar-refractivity contribution in [3.05, 3.63) is 58.4 Å². The number of hydrogen-bond donors (Lipinski definition) is 1. The number of hydrogen-bond acceptors (Lipinski definition) is 5. The molecule has 1 heterocycles. The number of benzene rings is 1. The van der Waals surface area contributed by atoms with Gasteiger partial charge in [-0.05, 0) is 12.5 Å². The van der Waals surface area contributed by atoms with Gasteiger partial charge < -0.3 is 14.5 Å². The Kier molecular flexibility index (Phi) is 5.81. The topological polar surface area (TPSA) is 85.5 Å². The summed E-state index contributed by atoms with van der Waals surface area (Å²) in [6, 6.07) is 8.30. The lowest BCUT2D eigenvalue weighted by molar-refractivity contribution is -0.138. The lowest BCUT2D eigenvalue weighted by atomic mass is 10.1. The Morgan fingerprint density at radius 1 is 1.12 bits per heavy atom. The van der Waals surface area contributed by atoms with Gasteiger partial charge in [0.2, 0.25) is 0 Å². The van der Waals surface area contributed by atoms with E-state index in [0.717, 1.165) is 0 Å². The van der Waals surface area contributed by atoms with Gasteiger partial charge >= 0.3 is 18.1 Å². The van der Waals surface area contributed by atoms with Crippen molar-refractivity contribution in [1.29, 1.82) is 0 Å². The smallest absolute Gasteiger partial charge is 0.419 e. The summed E-state index contributed by atoms with van der Waals surface area (Å²) in [6.07, 6.45) is -5.07. The number of H-pyrrole nitrogens is 1. The molecule has 0 aliphatic carbocycles. The second kappa shape index (κ2) is 7.85. The van der Waals surface area contributed by atoms with Crippen molar-refractivity contribution in [2.45, 2.75) is 19.7 Å². The molecule has 138 valence electrons. The molecule has 1 aromatic heterocycles. The Morgan fingerprint density at radius 3 is 2.31 bits per heavy atom. The first-order valence-corrected chi connectivity index (χ1v) is 7.46. The summed E-state index contributed by atoms with van der Waals surface area (Å²) in [5.74, 6) is -2.71. The van der Waals surface area contributed by atoms with Crippen LogP contribution in [0.3, 0.4) is 0 Å². The molecule has 0 atom stereocenters. The van der Waals surface area contributed by atoms with Crippen LogP contribution in [-0.4, -0.2) is 29.8 Å². The van der Waals surface area contributed by atoms with E-state index >= 15 is 0 Å². The number of nitrogens with one attached hydrogen (secondary N) is 1. The minimum atomic E-state index is -5.08. The summed E-state index contributed by atoms with van der Waals surface area (Å²) in [6.45, 7) is 0.919. The van der Waals surface area contributed by atoms with Crippen LogP contribution in [0.1, 0.15) is 49.4 Å². The zero-order chi connectivity index (χ0) is 19.3. The van der Waals surface area contributed by atoms with Gasteiger partial charge in [-0.25, -0.2) is 9.59 Å². The molecule has 2 rings (SSSR count).